The summed E-state index contributed by atoms with van der Waals surface area (Å²) in [7, 11) is 1.93. The molecule has 2 fully saturated rings. The number of hydrogen-bond acceptors (Lipinski definition) is 5. The highest BCUT2D eigenvalue weighted by atomic mass is 16.5. The molecule has 2 aliphatic rings. The molecule has 0 amide bonds. The third kappa shape index (κ3) is 2.50. The van der Waals surface area contributed by atoms with Crippen LogP contribution >= 0.6 is 0 Å². The maximum atomic E-state index is 6.12. The second kappa shape index (κ2) is 5.61. The van der Waals surface area contributed by atoms with Crippen LogP contribution in [0.25, 0.3) is 0 Å². The number of nitrogens with one attached hydrogen (secondary N) is 1. The zero-order chi connectivity index (χ0) is 14.1. The maximum absolute atomic E-state index is 6.12. The molecule has 0 aromatic carbocycles. The molecule has 6 heteroatoms. The van der Waals surface area contributed by atoms with E-state index in [2.05, 4.69) is 22.2 Å². The van der Waals surface area contributed by atoms with Crippen LogP contribution in [0.2, 0.25) is 0 Å². The topological polar surface area (TPSA) is 68.3 Å². The molecule has 6 nitrogen and oxygen atoms in total. The second-order valence-corrected chi connectivity index (χ2v) is 5.81. The van der Waals surface area contributed by atoms with E-state index in [4.69, 9.17) is 10.5 Å². The van der Waals surface area contributed by atoms with Crippen LogP contribution in [0.3, 0.4) is 0 Å². The van der Waals surface area contributed by atoms with E-state index in [0.717, 1.165) is 43.3 Å². The van der Waals surface area contributed by atoms with Gasteiger partial charge in [0.2, 0.25) is 0 Å². The highest BCUT2D eigenvalue weighted by Crippen LogP contribution is 2.25. The van der Waals surface area contributed by atoms with Crippen molar-refractivity contribution in [1.82, 2.24) is 14.7 Å². The van der Waals surface area contributed by atoms with Crippen LogP contribution in [-0.4, -0.2) is 53.1 Å². The largest absolute Gasteiger partial charge is 0.394 e. The lowest BCUT2D eigenvalue weighted by Crippen LogP contribution is -2.48. The van der Waals surface area contributed by atoms with Crippen molar-refractivity contribution in [2.75, 3.05) is 37.3 Å². The van der Waals surface area contributed by atoms with E-state index in [1.807, 2.05) is 11.7 Å². The van der Waals surface area contributed by atoms with Crippen molar-refractivity contribution in [3.63, 3.8) is 0 Å². The smallest absolute Gasteiger partial charge is 0.147 e. The minimum absolute atomic E-state index is 0.240. The van der Waals surface area contributed by atoms with E-state index in [0.29, 0.717) is 6.04 Å². The van der Waals surface area contributed by atoms with Crippen molar-refractivity contribution in [1.29, 1.82) is 0 Å². The molecule has 2 atom stereocenters. The first kappa shape index (κ1) is 13.7. The molecule has 0 spiro atoms. The zero-order valence-corrected chi connectivity index (χ0v) is 12.4. The summed E-state index contributed by atoms with van der Waals surface area (Å²) in [5.41, 5.74) is 7.84. The second-order valence-electron chi connectivity index (χ2n) is 5.81. The van der Waals surface area contributed by atoms with Crippen molar-refractivity contribution in [2.45, 2.75) is 38.3 Å². The zero-order valence-electron chi connectivity index (χ0n) is 12.4. The minimum atomic E-state index is 0.240. The fourth-order valence-electron chi connectivity index (χ4n) is 3.29. The van der Waals surface area contributed by atoms with Crippen LogP contribution in [-0.2, 0) is 18.2 Å². The average Bonchev–Trinajstić information content (AvgIpc) is 3.01. The summed E-state index contributed by atoms with van der Waals surface area (Å²) in [5.74, 6) is 0.911. The van der Waals surface area contributed by atoms with Gasteiger partial charge >= 0.3 is 0 Å². The molecule has 0 aliphatic carbocycles. The molecule has 1 aromatic rings. The molecule has 20 heavy (non-hydrogen) atoms. The highest BCUT2D eigenvalue weighted by molar-refractivity contribution is 5.65. The lowest BCUT2D eigenvalue weighted by Gasteiger charge is -2.35. The van der Waals surface area contributed by atoms with Gasteiger partial charge in [0.25, 0.3) is 0 Å². The predicted molar refractivity (Wildman–Crippen MR) is 79.8 cm³/mol. The molecule has 2 aliphatic heterocycles. The fourth-order valence-corrected chi connectivity index (χ4v) is 3.29. The number of nitrogen functional groups attached to an aromatic ring is 1. The van der Waals surface area contributed by atoms with Gasteiger partial charge in [-0.1, -0.05) is 6.92 Å². The van der Waals surface area contributed by atoms with Crippen LogP contribution in [0.5, 0.6) is 0 Å². The number of anilines is 2. The summed E-state index contributed by atoms with van der Waals surface area (Å²) in [6.07, 6.45) is 3.69. The van der Waals surface area contributed by atoms with Crippen molar-refractivity contribution < 1.29 is 4.74 Å². The quantitative estimate of drug-likeness (QED) is 0.855. The molecule has 1 aromatic heterocycles. The molecule has 0 radical (unpaired) electrons. The molecular formula is C14H25N5O. The third-order valence-electron chi connectivity index (χ3n) is 4.45. The van der Waals surface area contributed by atoms with Crippen LogP contribution in [0.15, 0.2) is 0 Å². The lowest BCUT2D eigenvalue weighted by molar-refractivity contribution is -0.0416. The minimum Gasteiger partial charge on any atom is -0.394 e. The Hall–Kier alpha value is -1.27. The maximum Gasteiger partial charge on any atom is 0.147 e. The number of morpholine rings is 1. The van der Waals surface area contributed by atoms with Crippen molar-refractivity contribution in [3.05, 3.63) is 5.69 Å². The Labute approximate surface area is 120 Å². The molecule has 112 valence electrons. The van der Waals surface area contributed by atoms with E-state index < -0.39 is 0 Å². The normalized spacial score (nSPS) is 26.7. The molecule has 2 saturated heterocycles. The third-order valence-corrected chi connectivity index (χ3v) is 4.45. The highest BCUT2D eigenvalue weighted by Gasteiger charge is 2.32. The van der Waals surface area contributed by atoms with E-state index >= 15 is 0 Å². The molecule has 3 N–H and O–H groups in total. The number of rotatable bonds is 4. The lowest BCUT2D eigenvalue weighted by atomic mass is 10.2. The molecular weight excluding hydrogens is 254 g/mol. The summed E-state index contributed by atoms with van der Waals surface area (Å²) in [4.78, 5) is 2.56. The summed E-state index contributed by atoms with van der Waals surface area (Å²) in [5, 5.41) is 7.83. The number of aryl methyl sites for hydroxylation is 2. The number of ether oxygens (including phenoxy) is 1. The Bertz CT molecular complexity index is 472. The standard InChI is InChI=1S/C14H25N5O/c1-3-12-13(15)14(18(2)17-12)16-7-11-8-19-6-4-5-10(19)9-20-11/h10-11,16H,3-9,15H2,1-2H3. The SMILES string of the molecule is CCc1nn(C)c(NCC2CN3CCCC3CO2)c1N. The summed E-state index contributed by atoms with van der Waals surface area (Å²) >= 11 is 0. The van der Waals surface area contributed by atoms with Crippen LogP contribution in [0, 0.1) is 0 Å². The molecule has 3 heterocycles. The van der Waals surface area contributed by atoms with Crippen molar-refractivity contribution in [2.24, 2.45) is 7.05 Å². The van der Waals surface area contributed by atoms with Gasteiger partial charge < -0.3 is 15.8 Å². The fraction of sp³-hybridized carbons (Fsp3) is 0.786. The first-order valence-corrected chi connectivity index (χ1v) is 7.60. The Morgan fingerprint density at radius 2 is 2.35 bits per heavy atom. The van der Waals surface area contributed by atoms with E-state index in [1.165, 1.54) is 19.4 Å². The van der Waals surface area contributed by atoms with Gasteiger partial charge in [-0.05, 0) is 25.8 Å². The van der Waals surface area contributed by atoms with Gasteiger partial charge in [-0.2, -0.15) is 5.10 Å². The first-order valence-electron chi connectivity index (χ1n) is 7.60. The average molecular weight is 279 g/mol. The van der Waals surface area contributed by atoms with Crippen LogP contribution < -0.4 is 11.1 Å². The Morgan fingerprint density at radius 1 is 1.50 bits per heavy atom. The first-order chi connectivity index (χ1) is 9.69. The van der Waals surface area contributed by atoms with E-state index in [1.54, 1.807) is 0 Å². The van der Waals surface area contributed by atoms with Gasteiger partial charge in [0.15, 0.2) is 0 Å². The van der Waals surface area contributed by atoms with Gasteiger partial charge in [-0.3, -0.25) is 9.58 Å². The van der Waals surface area contributed by atoms with Gasteiger partial charge in [0.1, 0.15) is 5.82 Å². The predicted octanol–water partition coefficient (Wildman–Crippen LogP) is 0.840. The van der Waals surface area contributed by atoms with E-state index in [9.17, 15) is 0 Å². The van der Waals surface area contributed by atoms with E-state index in [-0.39, 0.29) is 6.10 Å². The van der Waals surface area contributed by atoms with Crippen LogP contribution in [0.4, 0.5) is 11.5 Å². The Morgan fingerprint density at radius 3 is 3.10 bits per heavy atom. The van der Waals surface area contributed by atoms with Crippen LogP contribution in [0.1, 0.15) is 25.5 Å². The van der Waals surface area contributed by atoms with Crippen molar-refractivity contribution in [3.8, 4) is 0 Å². The summed E-state index contributed by atoms with van der Waals surface area (Å²) in [6, 6.07) is 0.653. The summed E-state index contributed by atoms with van der Waals surface area (Å²) in [6.45, 7) is 5.97. The molecule has 3 rings (SSSR count). The van der Waals surface area contributed by atoms with Crippen molar-refractivity contribution >= 4 is 11.5 Å². The summed E-state index contributed by atoms with van der Waals surface area (Å²) < 4.78 is 7.78. The van der Waals surface area contributed by atoms with Gasteiger partial charge in [-0.15, -0.1) is 0 Å². The molecule has 0 bridgehead atoms. The number of aromatic nitrogens is 2. The number of nitrogens with zero attached hydrogens (tertiary/aromatic N) is 3. The number of fused-ring (bicyclic) bond motifs is 1. The van der Waals surface area contributed by atoms with Gasteiger partial charge in [0, 0.05) is 26.2 Å². The van der Waals surface area contributed by atoms with Gasteiger partial charge in [0.05, 0.1) is 24.1 Å². The number of hydrogen-bond donors (Lipinski definition) is 2. The molecule has 2 unspecified atom stereocenters. The Balaban J connectivity index is 1.58. The monoisotopic (exact) mass is 279 g/mol. The van der Waals surface area contributed by atoms with Gasteiger partial charge in [-0.25, -0.2) is 0 Å². The number of nitrogens with two attached hydrogens (primary N) is 1. The Kier molecular flexibility index (Phi) is 3.85. The molecule has 0 saturated carbocycles.